The Morgan fingerprint density at radius 3 is 2.35 bits per heavy atom. The normalized spacial score (nSPS) is 9.82. The van der Waals surface area contributed by atoms with Gasteiger partial charge in [0.25, 0.3) is 0 Å². The van der Waals surface area contributed by atoms with Gasteiger partial charge in [0, 0.05) is 5.56 Å². The van der Waals surface area contributed by atoms with Gasteiger partial charge in [-0.1, -0.05) is 0 Å². The van der Waals surface area contributed by atoms with E-state index < -0.39 is 5.97 Å². The molecule has 1 aromatic rings. The molecule has 17 heavy (non-hydrogen) atoms. The third-order valence-electron chi connectivity index (χ3n) is 2.22. The molecule has 3 N–H and O–H groups in total. The van der Waals surface area contributed by atoms with Crippen molar-refractivity contribution >= 4 is 11.8 Å². The second-order valence-electron chi connectivity index (χ2n) is 3.19. The van der Waals surface area contributed by atoms with E-state index in [4.69, 9.17) is 20.3 Å². The lowest BCUT2D eigenvalue weighted by molar-refractivity contribution is 0.0692. The minimum Gasteiger partial charge on any atom is -0.493 e. The van der Waals surface area contributed by atoms with Gasteiger partial charge in [-0.25, -0.2) is 4.79 Å². The third-order valence-corrected chi connectivity index (χ3v) is 2.22. The van der Waals surface area contributed by atoms with Crippen LogP contribution in [0.1, 0.15) is 20.7 Å². The molecule has 0 aromatic heterocycles. The van der Waals surface area contributed by atoms with Crippen molar-refractivity contribution in [3.05, 3.63) is 23.3 Å². The van der Waals surface area contributed by atoms with Crippen LogP contribution in [0.4, 0.5) is 0 Å². The molecule has 6 nitrogen and oxygen atoms in total. The highest BCUT2D eigenvalue weighted by Gasteiger charge is 2.19. The van der Waals surface area contributed by atoms with Gasteiger partial charge in [-0.2, -0.15) is 0 Å². The number of benzene rings is 1. The molecule has 0 amide bonds. The topological polar surface area (TPSA) is 98.9 Å². The number of carboxylic acids is 1. The van der Waals surface area contributed by atoms with Gasteiger partial charge in [-0.3, -0.25) is 4.79 Å². The Bertz CT molecular complexity index is 455. The van der Waals surface area contributed by atoms with Crippen LogP contribution in [-0.2, 0) is 0 Å². The Kier molecular flexibility index (Phi) is 4.06. The minimum absolute atomic E-state index is 0.0774. The molecule has 0 bridgehead atoms. The molecule has 0 aliphatic carbocycles. The van der Waals surface area contributed by atoms with E-state index in [1.54, 1.807) is 0 Å². The lowest BCUT2D eigenvalue weighted by atomic mass is 10.1. The first-order valence-electron chi connectivity index (χ1n) is 4.77. The Balaban J connectivity index is 3.45. The molecule has 0 aliphatic heterocycles. The average Bonchev–Trinajstić information content (AvgIpc) is 2.35. The molecule has 0 spiro atoms. The fraction of sp³-hybridized carbons (Fsp3) is 0.273. The quantitative estimate of drug-likeness (QED) is 0.728. The highest BCUT2D eigenvalue weighted by molar-refractivity contribution is 6.01. The van der Waals surface area contributed by atoms with Crippen LogP contribution in [-0.4, -0.2) is 37.6 Å². The lowest BCUT2D eigenvalue weighted by Gasteiger charge is -2.12. The van der Waals surface area contributed by atoms with Crippen LogP contribution in [0.25, 0.3) is 0 Å². The number of hydrogen-bond acceptors (Lipinski definition) is 5. The van der Waals surface area contributed by atoms with Gasteiger partial charge in [-0.15, -0.1) is 0 Å². The van der Waals surface area contributed by atoms with Crippen LogP contribution in [0.5, 0.6) is 11.5 Å². The van der Waals surface area contributed by atoms with E-state index >= 15 is 0 Å². The maximum absolute atomic E-state index is 11.4. The summed E-state index contributed by atoms with van der Waals surface area (Å²) in [7, 11) is 2.69. The molecule has 0 aliphatic rings. The van der Waals surface area contributed by atoms with Gasteiger partial charge in [0.15, 0.2) is 17.3 Å². The highest BCUT2D eigenvalue weighted by Crippen LogP contribution is 2.32. The summed E-state index contributed by atoms with van der Waals surface area (Å²) in [6, 6.07) is 2.62. The van der Waals surface area contributed by atoms with Gasteiger partial charge in [0.2, 0.25) is 0 Å². The second-order valence-corrected chi connectivity index (χ2v) is 3.19. The molecule has 0 saturated carbocycles. The van der Waals surface area contributed by atoms with E-state index in [9.17, 15) is 9.59 Å². The smallest absolute Gasteiger partial charge is 0.339 e. The number of hydrogen-bond donors (Lipinski definition) is 2. The van der Waals surface area contributed by atoms with Crippen LogP contribution in [0.2, 0.25) is 0 Å². The summed E-state index contributed by atoms with van der Waals surface area (Å²) < 4.78 is 9.93. The van der Waals surface area contributed by atoms with E-state index in [1.165, 1.54) is 26.4 Å². The molecule has 0 fully saturated rings. The van der Waals surface area contributed by atoms with E-state index in [-0.39, 0.29) is 35.0 Å². The Hall–Kier alpha value is -2.08. The van der Waals surface area contributed by atoms with Crippen LogP contribution >= 0.6 is 0 Å². The first kappa shape index (κ1) is 13.0. The molecule has 0 saturated heterocycles. The maximum Gasteiger partial charge on any atom is 0.339 e. The van der Waals surface area contributed by atoms with E-state index in [0.29, 0.717) is 0 Å². The summed E-state index contributed by atoms with van der Waals surface area (Å²) in [6.45, 7) is -0.200. The summed E-state index contributed by atoms with van der Waals surface area (Å²) in [5.74, 6) is -1.31. The Morgan fingerprint density at radius 2 is 1.94 bits per heavy atom. The molecule has 1 aromatic carbocycles. The summed E-state index contributed by atoms with van der Waals surface area (Å²) in [4.78, 5) is 22.5. The molecule has 6 heteroatoms. The van der Waals surface area contributed by atoms with Crippen molar-refractivity contribution in [1.29, 1.82) is 0 Å². The van der Waals surface area contributed by atoms with Crippen LogP contribution in [0.15, 0.2) is 12.1 Å². The van der Waals surface area contributed by atoms with Crippen molar-refractivity contribution in [3.63, 3.8) is 0 Å². The van der Waals surface area contributed by atoms with Crippen molar-refractivity contribution in [2.24, 2.45) is 5.73 Å². The fourth-order valence-electron chi connectivity index (χ4n) is 1.40. The van der Waals surface area contributed by atoms with E-state index in [1.807, 2.05) is 0 Å². The summed E-state index contributed by atoms with van der Waals surface area (Å²) in [5.41, 5.74) is 5.27. The van der Waals surface area contributed by atoms with Crippen molar-refractivity contribution in [2.75, 3.05) is 20.8 Å². The number of carboxylic acid groups (broad SMARTS) is 1. The lowest BCUT2D eigenvalue weighted by Crippen LogP contribution is -2.15. The monoisotopic (exact) mass is 239 g/mol. The Morgan fingerprint density at radius 1 is 1.29 bits per heavy atom. The number of carbonyl (C=O) groups excluding carboxylic acids is 1. The van der Waals surface area contributed by atoms with Crippen LogP contribution in [0, 0.1) is 0 Å². The molecule has 0 atom stereocenters. The number of nitrogens with two attached hydrogens (primary N) is 1. The Labute approximate surface area is 97.9 Å². The predicted molar refractivity (Wildman–Crippen MR) is 59.9 cm³/mol. The predicted octanol–water partition coefficient (Wildman–Crippen LogP) is 0.543. The van der Waals surface area contributed by atoms with Gasteiger partial charge in [0.1, 0.15) is 5.56 Å². The van der Waals surface area contributed by atoms with E-state index in [2.05, 4.69) is 0 Å². The molecular formula is C11H13NO5. The van der Waals surface area contributed by atoms with Crippen molar-refractivity contribution < 1.29 is 24.2 Å². The van der Waals surface area contributed by atoms with E-state index in [0.717, 1.165) is 0 Å². The van der Waals surface area contributed by atoms with Crippen molar-refractivity contribution in [3.8, 4) is 11.5 Å². The van der Waals surface area contributed by atoms with Crippen LogP contribution < -0.4 is 15.2 Å². The van der Waals surface area contributed by atoms with Crippen molar-refractivity contribution in [1.82, 2.24) is 0 Å². The molecule has 0 radical (unpaired) electrons. The number of ether oxygens (including phenoxy) is 2. The molecule has 92 valence electrons. The van der Waals surface area contributed by atoms with Gasteiger partial charge in [0.05, 0.1) is 20.8 Å². The van der Waals surface area contributed by atoms with Gasteiger partial charge in [-0.05, 0) is 12.1 Å². The van der Waals surface area contributed by atoms with Crippen molar-refractivity contribution in [2.45, 2.75) is 0 Å². The zero-order valence-electron chi connectivity index (χ0n) is 9.52. The number of carbonyl (C=O) groups is 2. The first-order valence-corrected chi connectivity index (χ1v) is 4.77. The zero-order chi connectivity index (χ0) is 13.0. The third kappa shape index (κ3) is 2.54. The average molecular weight is 239 g/mol. The number of aromatic carboxylic acids is 1. The van der Waals surface area contributed by atoms with Gasteiger partial charge < -0.3 is 20.3 Å². The SMILES string of the molecule is COc1cc(C(=O)CN)cc(C(=O)O)c1OC. The molecule has 0 heterocycles. The summed E-state index contributed by atoms with van der Waals surface area (Å²) in [5, 5.41) is 9.02. The molecular weight excluding hydrogens is 226 g/mol. The second kappa shape index (κ2) is 5.31. The fourth-order valence-corrected chi connectivity index (χ4v) is 1.40. The number of methoxy groups -OCH3 is 2. The standard InChI is InChI=1S/C11H13NO5/c1-16-9-4-6(8(13)5-12)3-7(11(14)15)10(9)17-2/h3-4H,5,12H2,1-2H3,(H,14,15). The minimum atomic E-state index is -1.20. The van der Waals surface area contributed by atoms with Gasteiger partial charge >= 0.3 is 5.97 Å². The maximum atomic E-state index is 11.4. The molecule has 1 rings (SSSR count). The molecule has 0 unspecified atom stereocenters. The number of ketones is 1. The first-order chi connectivity index (χ1) is 8.04. The van der Waals surface area contributed by atoms with Crippen LogP contribution in [0.3, 0.4) is 0 Å². The summed E-state index contributed by atoms with van der Waals surface area (Å²) >= 11 is 0. The number of Topliss-reactive ketones (excluding diaryl/α,β-unsaturated/α-hetero) is 1. The highest BCUT2D eigenvalue weighted by atomic mass is 16.5. The zero-order valence-corrected chi connectivity index (χ0v) is 9.52. The summed E-state index contributed by atoms with van der Waals surface area (Å²) in [6.07, 6.45) is 0. The largest absolute Gasteiger partial charge is 0.493 e. The number of rotatable bonds is 5.